The lowest BCUT2D eigenvalue weighted by Crippen LogP contribution is -2.33. The van der Waals surface area contributed by atoms with Crippen molar-refractivity contribution in [1.82, 2.24) is 5.32 Å². The molecule has 1 saturated carbocycles. The van der Waals surface area contributed by atoms with Gasteiger partial charge in [-0.1, -0.05) is 12.8 Å². The Balaban J connectivity index is 1.65. The van der Waals surface area contributed by atoms with E-state index in [0.717, 1.165) is 18.6 Å². The van der Waals surface area contributed by atoms with E-state index in [1.807, 2.05) is 12.1 Å². The van der Waals surface area contributed by atoms with Crippen LogP contribution in [0.1, 0.15) is 32.1 Å². The van der Waals surface area contributed by atoms with Gasteiger partial charge < -0.3 is 15.8 Å². The molecule has 0 unspecified atom stereocenters. The van der Waals surface area contributed by atoms with Gasteiger partial charge >= 0.3 is 0 Å². The maximum Gasteiger partial charge on any atom is 0.223 e. The SMILES string of the molecule is Nc1ccc(OCCC(=O)NC2CCCC2)cc1. The van der Waals surface area contributed by atoms with Crippen LogP contribution in [0.4, 0.5) is 5.69 Å². The summed E-state index contributed by atoms with van der Waals surface area (Å²) in [5.41, 5.74) is 6.28. The zero-order valence-electron chi connectivity index (χ0n) is 10.5. The van der Waals surface area contributed by atoms with Crippen LogP contribution in [0.15, 0.2) is 24.3 Å². The summed E-state index contributed by atoms with van der Waals surface area (Å²) in [5.74, 6) is 0.829. The third kappa shape index (κ3) is 3.95. The average molecular weight is 248 g/mol. The molecule has 4 heteroatoms. The fourth-order valence-corrected chi connectivity index (χ4v) is 2.20. The van der Waals surface area contributed by atoms with Crippen LogP contribution in [0, 0.1) is 0 Å². The molecule has 1 amide bonds. The van der Waals surface area contributed by atoms with Gasteiger partial charge in [-0.3, -0.25) is 4.79 Å². The number of rotatable bonds is 5. The summed E-state index contributed by atoms with van der Waals surface area (Å²) in [4.78, 5) is 11.6. The molecule has 18 heavy (non-hydrogen) atoms. The molecule has 0 spiro atoms. The summed E-state index contributed by atoms with van der Waals surface area (Å²) in [6.07, 6.45) is 5.09. The van der Waals surface area contributed by atoms with Gasteiger partial charge in [-0.05, 0) is 37.1 Å². The zero-order valence-corrected chi connectivity index (χ0v) is 10.5. The summed E-state index contributed by atoms with van der Waals surface area (Å²) < 4.78 is 5.48. The van der Waals surface area contributed by atoms with Gasteiger partial charge in [-0.2, -0.15) is 0 Å². The van der Waals surface area contributed by atoms with E-state index in [4.69, 9.17) is 10.5 Å². The molecule has 0 radical (unpaired) electrons. The Bertz CT molecular complexity index is 383. The highest BCUT2D eigenvalue weighted by molar-refractivity contribution is 5.76. The third-order valence-electron chi connectivity index (χ3n) is 3.20. The molecule has 0 aliphatic heterocycles. The molecule has 3 N–H and O–H groups in total. The van der Waals surface area contributed by atoms with Crippen molar-refractivity contribution < 1.29 is 9.53 Å². The number of nitrogens with one attached hydrogen (secondary N) is 1. The lowest BCUT2D eigenvalue weighted by molar-refractivity contribution is -0.122. The number of hydrogen-bond acceptors (Lipinski definition) is 3. The molecule has 1 aliphatic carbocycles. The molecule has 0 atom stereocenters. The highest BCUT2D eigenvalue weighted by Gasteiger charge is 2.16. The zero-order chi connectivity index (χ0) is 12.8. The van der Waals surface area contributed by atoms with E-state index in [2.05, 4.69) is 5.32 Å². The largest absolute Gasteiger partial charge is 0.493 e. The van der Waals surface area contributed by atoms with Crippen molar-refractivity contribution in [2.75, 3.05) is 12.3 Å². The van der Waals surface area contributed by atoms with E-state index < -0.39 is 0 Å². The molecule has 0 aromatic heterocycles. The Kier molecular flexibility index (Phi) is 4.45. The molecular weight excluding hydrogens is 228 g/mol. The van der Waals surface area contributed by atoms with Gasteiger partial charge in [0.05, 0.1) is 13.0 Å². The number of nitrogens with two attached hydrogens (primary N) is 1. The number of anilines is 1. The van der Waals surface area contributed by atoms with Gasteiger partial charge in [0, 0.05) is 11.7 Å². The van der Waals surface area contributed by atoms with Crippen molar-refractivity contribution in [3.8, 4) is 5.75 Å². The van der Waals surface area contributed by atoms with Gasteiger partial charge in [0.1, 0.15) is 5.75 Å². The van der Waals surface area contributed by atoms with Crippen molar-refractivity contribution in [2.24, 2.45) is 0 Å². The molecule has 1 aromatic carbocycles. The molecule has 2 rings (SSSR count). The maximum atomic E-state index is 11.6. The first-order valence-corrected chi connectivity index (χ1v) is 6.52. The van der Waals surface area contributed by atoms with E-state index in [9.17, 15) is 4.79 Å². The maximum absolute atomic E-state index is 11.6. The quantitative estimate of drug-likeness (QED) is 0.784. The van der Waals surface area contributed by atoms with Crippen LogP contribution >= 0.6 is 0 Å². The van der Waals surface area contributed by atoms with Gasteiger partial charge in [0.25, 0.3) is 0 Å². The summed E-state index contributed by atoms with van der Waals surface area (Å²) in [6, 6.07) is 7.57. The number of nitrogen functional groups attached to an aromatic ring is 1. The number of ether oxygens (including phenoxy) is 1. The van der Waals surface area contributed by atoms with E-state index in [1.54, 1.807) is 12.1 Å². The predicted molar refractivity (Wildman–Crippen MR) is 71.4 cm³/mol. The fraction of sp³-hybridized carbons (Fsp3) is 0.500. The van der Waals surface area contributed by atoms with Crippen molar-refractivity contribution in [3.63, 3.8) is 0 Å². The van der Waals surface area contributed by atoms with E-state index in [1.165, 1.54) is 12.8 Å². The summed E-state index contributed by atoms with van der Waals surface area (Å²) in [5, 5.41) is 3.04. The van der Waals surface area contributed by atoms with Crippen molar-refractivity contribution in [3.05, 3.63) is 24.3 Å². The Morgan fingerprint density at radius 1 is 1.28 bits per heavy atom. The Morgan fingerprint density at radius 2 is 1.94 bits per heavy atom. The summed E-state index contributed by atoms with van der Waals surface area (Å²) in [7, 11) is 0. The normalized spacial score (nSPS) is 15.6. The highest BCUT2D eigenvalue weighted by atomic mass is 16.5. The van der Waals surface area contributed by atoms with Crippen LogP contribution in [-0.4, -0.2) is 18.6 Å². The van der Waals surface area contributed by atoms with Crippen LogP contribution in [0.3, 0.4) is 0 Å². The molecule has 1 aromatic rings. The van der Waals surface area contributed by atoms with Gasteiger partial charge in [0.15, 0.2) is 0 Å². The van der Waals surface area contributed by atoms with Crippen LogP contribution in [0.25, 0.3) is 0 Å². The predicted octanol–water partition coefficient (Wildman–Crippen LogP) is 2.10. The minimum Gasteiger partial charge on any atom is -0.493 e. The van der Waals surface area contributed by atoms with Crippen molar-refractivity contribution in [1.29, 1.82) is 0 Å². The molecule has 1 aliphatic rings. The monoisotopic (exact) mass is 248 g/mol. The second-order valence-corrected chi connectivity index (χ2v) is 4.72. The Hall–Kier alpha value is -1.71. The molecule has 0 bridgehead atoms. The number of benzene rings is 1. The van der Waals surface area contributed by atoms with E-state index in [0.29, 0.717) is 24.8 Å². The standard InChI is InChI=1S/C14H20N2O2/c15-11-5-7-13(8-6-11)18-10-9-14(17)16-12-3-1-2-4-12/h5-8,12H,1-4,9-10,15H2,(H,16,17). The first-order chi connectivity index (χ1) is 8.74. The smallest absolute Gasteiger partial charge is 0.223 e. The van der Waals surface area contributed by atoms with Gasteiger partial charge in [0.2, 0.25) is 5.91 Å². The second kappa shape index (κ2) is 6.28. The molecule has 0 heterocycles. The lowest BCUT2D eigenvalue weighted by Gasteiger charge is -2.12. The van der Waals surface area contributed by atoms with Gasteiger partial charge in [-0.25, -0.2) is 0 Å². The number of carbonyl (C=O) groups excluding carboxylic acids is 1. The highest BCUT2D eigenvalue weighted by Crippen LogP contribution is 2.17. The molecule has 98 valence electrons. The number of carbonyl (C=O) groups is 1. The number of amides is 1. The molecular formula is C14H20N2O2. The average Bonchev–Trinajstić information content (AvgIpc) is 2.84. The molecule has 4 nitrogen and oxygen atoms in total. The van der Waals surface area contributed by atoms with E-state index in [-0.39, 0.29) is 5.91 Å². The van der Waals surface area contributed by atoms with Crippen LogP contribution in [0.2, 0.25) is 0 Å². The third-order valence-corrected chi connectivity index (χ3v) is 3.20. The Morgan fingerprint density at radius 3 is 2.61 bits per heavy atom. The van der Waals surface area contributed by atoms with Gasteiger partial charge in [-0.15, -0.1) is 0 Å². The topological polar surface area (TPSA) is 64.3 Å². The molecule has 1 fully saturated rings. The molecule has 0 saturated heterocycles. The minimum absolute atomic E-state index is 0.0809. The second-order valence-electron chi connectivity index (χ2n) is 4.72. The fourth-order valence-electron chi connectivity index (χ4n) is 2.20. The first-order valence-electron chi connectivity index (χ1n) is 6.52. The lowest BCUT2D eigenvalue weighted by atomic mass is 10.2. The van der Waals surface area contributed by atoms with Crippen molar-refractivity contribution in [2.45, 2.75) is 38.1 Å². The minimum atomic E-state index is 0.0809. The van der Waals surface area contributed by atoms with Crippen LogP contribution in [-0.2, 0) is 4.79 Å². The van der Waals surface area contributed by atoms with Crippen LogP contribution in [0.5, 0.6) is 5.75 Å². The Labute approximate surface area is 108 Å². The van der Waals surface area contributed by atoms with Crippen molar-refractivity contribution >= 4 is 11.6 Å². The van der Waals surface area contributed by atoms with Crippen LogP contribution < -0.4 is 15.8 Å². The van der Waals surface area contributed by atoms with E-state index >= 15 is 0 Å². The summed E-state index contributed by atoms with van der Waals surface area (Å²) in [6.45, 7) is 0.405. The number of hydrogen-bond donors (Lipinski definition) is 2. The first kappa shape index (κ1) is 12.7. The summed E-state index contributed by atoms with van der Waals surface area (Å²) >= 11 is 0.